The van der Waals surface area contributed by atoms with Crippen LogP contribution in [0.2, 0.25) is 0 Å². The lowest BCUT2D eigenvalue weighted by atomic mass is 10.0. The Morgan fingerprint density at radius 2 is 1.98 bits per heavy atom. The quantitative estimate of drug-likeness (QED) is 0.198. The van der Waals surface area contributed by atoms with Crippen LogP contribution in [-0.4, -0.2) is 54.6 Å². The Balaban J connectivity index is 2.37. The van der Waals surface area contributed by atoms with Crippen LogP contribution in [0.25, 0.3) is 10.2 Å². The number of aliphatic imine (C=N–C) groups is 1. The summed E-state index contributed by atoms with van der Waals surface area (Å²) in [5.41, 5.74) is 2.87. The van der Waals surface area contributed by atoms with Crippen molar-refractivity contribution in [2.75, 3.05) is 27.4 Å². The summed E-state index contributed by atoms with van der Waals surface area (Å²) in [4.78, 5) is 57.0. The number of carbonyl (C=O) groups excluding carboxylic acids is 2. The molecule has 2 aromatic heterocycles. The number of rotatable bonds is 12. The van der Waals surface area contributed by atoms with Crippen molar-refractivity contribution in [3.8, 4) is 5.75 Å². The van der Waals surface area contributed by atoms with Gasteiger partial charge in [-0.15, -0.1) is 11.3 Å². The van der Waals surface area contributed by atoms with E-state index in [-0.39, 0.29) is 34.9 Å². The molecule has 0 unspecified atom stereocenters. The Morgan fingerprint density at radius 1 is 1.27 bits per heavy atom. The molecular formula is C27H33FN4O7S. The molecule has 0 radical (unpaired) electrons. The molecule has 13 heteroatoms. The summed E-state index contributed by atoms with van der Waals surface area (Å²) in [5, 5.41) is 0.0602. The molecule has 0 aliphatic rings. The number of fused-ring (bicyclic) bond motifs is 1. The van der Waals surface area contributed by atoms with Crippen LogP contribution in [0, 0.1) is 12.7 Å². The Bertz CT molecular complexity index is 1570. The van der Waals surface area contributed by atoms with E-state index in [4.69, 9.17) is 19.9 Å². The van der Waals surface area contributed by atoms with Gasteiger partial charge in [0, 0.05) is 25.2 Å². The Morgan fingerprint density at radius 3 is 2.58 bits per heavy atom. The van der Waals surface area contributed by atoms with Crippen molar-refractivity contribution in [3.05, 3.63) is 60.9 Å². The van der Waals surface area contributed by atoms with E-state index < -0.39 is 40.6 Å². The normalized spacial score (nSPS) is 12.7. The van der Waals surface area contributed by atoms with Crippen LogP contribution in [-0.2, 0) is 26.4 Å². The number of hydrogen-bond donors (Lipinski definition) is 1. The lowest BCUT2D eigenvalue weighted by molar-refractivity contribution is -0.125. The maximum absolute atomic E-state index is 14.4. The minimum atomic E-state index is -1.72. The van der Waals surface area contributed by atoms with E-state index in [1.165, 1.54) is 43.7 Å². The first-order valence-corrected chi connectivity index (χ1v) is 13.3. The minimum Gasteiger partial charge on any atom is -0.496 e. The lowest BCUT2D eigenvalue weighted by Gasteiger charge is -2.26. The molecule has 3 aromatic rings. The van der Waals surface area contributed by atoms with Crippen LogP contribution < -0.4 is 21.7 Å². The standard InChI is InChI=1S/C27H33FN4O7S/c1-7-38-24(34)21-15(2)20-22(33)32(27(3,4)25(29)35)26(36)31(23(20)40-21)14-19(39-12-8-11-30-5)17-13-16(28)9-10-18(17)37-6/h9-11,13,19H,7-8,12,14H2,1-6H3,(H2,29,35)/t19-/m0/s1. The molecule has 0 saturated carbocycles. The van der Waals surface area contributed by atoms with Crippen LogP contribution in [0.1, 0.15) is 54.1 Å². The average molecular weight is 577 g/mol. The molecule has 0 spiro atoms. The van der Waals surface area contributed by atoms with Crippen LogP contribution in [0.4, 0.5) is 4.39 Å². The van der Waals surface area contributed by atoms with Crippen molar-refractivity contribution in [1.29, 1.82) is 0 Å². The third-order valence-corrected chi connectivity index (χ3v) is 7.77. The number of thiophene rings is 1. The molecule has 3 rings (SSSR count). The number of nitrogens with zero attached hydrogens (tertiary/aromatic N) is 3. The molecule has 0 saturated heterocycles. The lowest BCUT2D eigenvalue weighted by Crippen LogP contribution is -2.54. The molecule has 1 atom stereocenters. The number of primary amides is 1. The van der Waals surface area contributed by atoms with Gasteiger partial charge in [0.1, 0.15) is 32.9 Å². The number of hydrogen-bond acceptors (Lipinski definition) is 9. The number of esters is 1. The maximum Gasteiger partial charge on any atom is 0.348 e. The van der Waals surface area contributed by atoms with Gasteiger partial charge in [0.15, 0.2) is 0 Å². The monoisotopic (exact) mass is 576 g/mol. The summed E-state index contributed by atoms with van der Waals surface area (Å²) < 4.78 is 33.1. The number of halogens is 1. The molecule has 1 amide bonds. The Kier molecular flexibility index (Phi) is 9.64. The molecule has 1 aromatic carbocycles. The summed E-state index contributed by atoms with van der Waals surface area (Å²) in [5.74, 6) is -1.79. The highest BCUT2D eigenvalue weighted by molar-refractivity contribution is 7.20. The predicted octanol–water partition coefficient (Wildman–Crippen LogP) is 2.93. The third kappa shape index (κ3) is 5.85. The van der Waals surface area contributed by atoms with Crippen molar-refractivity contribution in [3.63, 3.8) is 0 Å². The number of benzene rings is 1. The van der Waals surface area contributed by atoms with E-state index in [0.29, 0.717) is 23.3 Å². The van der Waals surface area contributed by atoms with Crippen molar-refractivity contribution >= 4 is 39.6 Å². The second-order valence-electron chi connectivity index (χ2n) is 9.39. The van der Waals surface area contributed by atoms with E-state index in [2.05, 4.69) is 4.99 Å². The molecule has 216 valence electrons. The molecule has 0 aliphatic carbocycles. The fraction of sp³-hybridized carbons (Fsp3) is 0.444. The zero-order valence-corrected chi connectivity index (χ0v) is 24.1. The smallest absolute Gasteiger partial charge is 0.348 e. The summed E-state index contributed by atoms with van der Waals surface area (Å²) in [7, 11) is 3.04. The Labute approximate surface area is 234 Å². The molecular weight excluding hydrogens is 543 g/mol. The zero-order chi connectivity index (χ0) is 29.8. The molecule has 11 nitrogen and oxygen atoms in total. The first-order chi connectivity index (χ1) is 18.9. The van der Waals surface area contributed by atoms with Gasteiger partial charge in [-0.1, -0.05) is 0 Å². The van der Waals surface area contributed by atoms with E-state index in [9.17, 15) is 23.6 Å². The topological polar surface area (TPSA) is 144 Å². The fourth-order valence-corrected chi connectivity index (χ4v) is 5.45. The summed E-state index contributed by atoms with van der Waals surface area (Å²) in [6.45, 7) is 5.99. The number of amides is 1. The first-order valence-electron chi connectivity index (χ1n) is 12.5. The average Bonchev–Trinajstić information content (AvgIpc) is 3.25. The highest BCUT2D eigenvalue weighted by Gasteiger charge is 2.35. The van der Waals surface area contributed by atoms with Gasteiger partial charge in [-0.3, -0.25) is 14.2 Å². The summed E-state index contributed by atoms with van der Waals surface area (Å²) >= 11 is 0.914. The third-order valence-electron chi connectivity index (χ3n) is 6.47. The van der Waals surface area contributed by atoms with E-state index in [1.54, 1.807) is 27.1 Å². The van der Waals surface area contributed by atoms with E-state index in [0.717, 1.165) is 15.9 Å². The highest BCUT2D eigenvalue weighted by Crippen LogP contribution is 2.33. The van der Waals surface area contributed by atoms with Gasteiger partial charge in [0.05, 0.1) is 32.3 Å². The summed E-state index contributed by atoms with van der Waals surface area (Å²) in [6, 6.07) is 3.92. The molecule has 0 fully saturated rings. The largest absolute Gasteiger partial charge is 0.496 e. The van der Waals surface area contributed by atoms with E-state index >= 15 is 0 Å². The van der Waals surface area contributed by atoms with Gasteiger partial charge in [-0.25, -0.2) is 18.5 Å². The van der Waals surface area contributed by atoms with Crippen LogP contribution in [0.15, 0.2) is 32.8 Å². The number of carbonyl (C=O) groups is 2. The highest BCUT2D eigenvalue weighted by atomic mass is 32.1. The molecule has 40 heavy (non-hydrogen) atoms. The number of aryl methyl sites for hydroxylation is 1. The van der Waals surface area contributed by atoms with Crippen molar-refractivity contribution in [1.82, 2.24) is 9.13 Å². The molecule has 0 aliphatic heterocycles. The minimum absolute atomic E-state index is 0.0602. The maximum atomic E-state index is 14.4. The van der Waals surface area contributed by atoms with Gasteiger partial charge >= 0.3 is 11.7 Å². The number of aromatic nitrogens is 2. The van der Waals surface area contributed by atoms with Crippen LogP contribution in [0.5, 0.6) is 5.75 Å². The van der Waals surface area contributed by atoms with Gasteiger partial charge < -0.3 is 24.9 Å². The SMILES string of the molecule is CCOC(=O)c1sc2c(c1C)c(=O)n(C(C)(C)C(N)=O)c(=O)n2C[C@H](OCCC=NC)c1cc(F)ccc1OC. The number of nitrogens with two attached hydrogens (primary N) is 1. The van der Waals surface area contributed by atoms with Gasteiger partial charge in [-0.2, -0.15) is 0 Å². The number of methoxy groups -OCH3 is 1. The van der Waals surface area contributed by atoms with Crippen molar-refractivity contribution in [2.45, 2.75) is 52.3 Å². The molecule has 2 heterocycles. The predicted molar refractivity (Wildman–Crippen MR) is 150 cm³/mol. The first kappa shape index (κ1) is 30.7. The summed E-state index contributed by atoms with van der Waals surface area (Å²) in [6.07, 6.45) is 1.15. The van der Waals surface area contributed by atoms with Gasteiger partial charge in [-0.05, 0) is 51.5 Å². The Hall–Kier alpha value is -3.84. The molecule has 2 N–H and O–H groups in total. The van der Waals surface area contributed by atoms with Gasteiger partial charge in [0.2, 0.25) is 5.91 Å². The second kappa shape index (κ2) is 12.6. The molecule has 0 bridgehead atoms. The van der Waals surface area contributed by atoms with Gasteiger partial charge in [0.25, 0.3) is 5.56 Å². The van der Waals surface area contributed by atoms with Crippen molar-refractivity contribution in [2.24, 2.45) is 10.7 Å². The second-order valence-corrected chi connectivity index (χ2v) is 10.4. The zero-order valence-electron chi connectivity index (χ0n) is 23.3. The van der Waals surface area contributed by atoms with E-state index in [1.807, 2.05) is 0 Å². The van der Waals surface area contributed by atoms with Crippen LogP contribution in [0.3, 0.4) is 0 Å². The number of ether oxygens (including phenoxy) is 3. The van der Waals surface area contributed by atoms with Crippen LogP contribution >= 0.6 is 11.3 Å². The van der Waals surface area contributed by atoms with Crippen molar-refractivity contribution < 1.29 is 28.2 Å². The fourth-order valence-electron chi connectivity index (χ4n) is 4.26.